The Labute approximate surface area is 192 Å². The predicted octanol–water partition coefficient (Wildman–Crippen LogP) is 5.95. The van der Waals surface area contributed by atoms with Crippen molar-refractivity contribution in [2.45, 2.75) is 60.7 Å². The molecule has 154 valence electrons. The molecule has 0 bridgehead atoms. The molecular formula is C19H26FI2N5O. The Hall–Kier alpha value is -0.850. The van der Waals surface area contributed by atoms with Crippen molar-refractivity contribution in [1.82, 2.24) is 19.5 Å². The van der Waals surface area contributed by atoms with E-state index in [1.165, 1.54) is 37.2 Å². The van der Waals surface area contributed by atoms with Crippen LogP contribution >= 0.6 is 45.2 Å². The topological polar surface area (TPSA) is 72.7 Å². The largest absolute Gasteiger partial charge is 0.368 e. The maximum atomic E-state index is 14.1. The van der Waals surface area contributed by atoms with E-state index in [1.54, 1.807) is 6.20 Å². The molecule has 0 saturated heterocycles. The van der Waals surface area contributed by atoms with Crippen LogP contribution in [0, 0.1) is 5.82 Å². The molecule has 1 N–H and O–H groups in total. The van der Waals surface area contributed by atoms with Gasteiger partial charge in [-0.2, -0.15) is 0 Å². The number of nitrogens with one attached hydrogen (secondary N) is 1. The van der Waals surface area contributed by atoms with E-state index in [1.807, 2.05) is 6.92 Å². The molecule has 2 heterocycles. The zero-order valence-electron chi connectivity index (χ0n) is 16.4. The second kappa shape index (κ2) is 10.8. The van der Waals surface area contributed by atoms with Crippen LogP contribution in [0.3, 0.4) is 0 Å². The van der Waals surface area contributed by atoms with E-state index < -0.39 is 5.82 Å². The van der Waals surface area contributed by atoms with Crippen LogP contribution < -0.4 is 5.32 Å². The number of alkyl halides is 2. The van der Waals surface area contributed by atoms with Gasteiger partial charge in [-0.1, -0.05) is 84.2 Å². The van der Waals surface area contributed by atoms with Crippen LogP contribution in [-0.4, -0.2) is 32.0 Å². The van der Waals surface area contributed by atoms with Gasteiger partial charge in [-0.05, 0) is 13.3 Å². The molecule has 0 saturated carbocycles. The first-order chi connectivity index (χ1) is 13.2. The lowest BCUT2D eigenvalue weighted by atomic mass is 10.1. The van der Waals surface area contributed by atoms with Crippen LogP contribution in [0.4, 0.5) is 10.2 Å². The summed E-state index contributed by atoms with van der Waals surface area (Å²) in [6.45, 7) is 6.29. The summed E-state index contributed by atoms with van der Waals surface area (Å²) in [6, 6.07) is 0. The predicted molar refractivity (Wildman–Crippen MR) is 127 cm³/mol. The zero-order chi connectivity index (χ0) is 20.7. The summed E-state index contributed by atoms with van der Waals surface area (Å²) in [7, 11) is 0. The molecule has 2 aromatic rings. The third-order valence-electron chi connectivity index (χ3n) is 4.23. The Balaban J connectivity index is 2.11. The Kier molecular flexibility index (Phi) is 9.03. The second-order valence-electron chi connectivity index (χ2n) is 6.81. The van der Waals surface area contributed by atoms with Gasteiger partial charge in [0, 0.05) is 19.7 Å². The van der Waals surface area contributed by atoms with Gasteiger partial charge in [0.15, 0.2) is 17.5 Å². The minimum absolute atomic E-state index is 0.142. The van der Waals surface area contributed by atoms with Crippen molar-refractivity contribution < 1.29 is 9.18 Å². The van der Waals surface area contributed by atoms with E-state index in [-0.39, 0.29) is 13.2 Å². The van der Waals surface area contributed by atoms with E-state index >= 15 is 0 Å². The molecule has 0 fully saturated rings. The number of anilines is 1. The quantitative estimate of drug-likeness (QED) is 0.204. The van der Waals surface area contributed by atoms with Crippen LogP contribution in [-0.2, 0) is 1.43 Å². The van der Waals surface area contributed by atoms with Gasteiger partial charge in [0.2, 0.25) is 5.91 Å². The third-order valence-corrected chi connectivity index (χ3v) is 5.20. The number of carbonyl (C=O) groups is 1. The van der Waals surface area contributed by atoms with Crippen molar-refractivity contribution in [2.75, 3.05) is 11.9 Å². The summed E-state index contributed by atoms with van der Waals surface area (Å²) in [5.41, 5.74) is 0.451. The highest BCUT2D eigenvalue weighted by Gasteiger charge is 2.28. The molecule has 9 heteroatoms. The Morgan fingerprint density at radius 1 is 1.21 bits per heavy atom. The summed E-state index contributed by atoms with van der Waals surface area (Å²) in [5.74, 6) is 0.436. The smallest absolute Gasteiger partial charge is 0.228 e. The fourth-order valence-electron chi connectivity index (χ4n) is 2.76. The number of hydrogen-bond acceptors (Lipinski definition) is 5. The molecule has 0 atom stereocenters. The van der Waals surface area contributed by atoms with Crippen molar-refractivity contribution >= 4 is 56.9 Å². The monoisotopic (exact) mass is 613 g/mol. The second-order valence-corrected chi connectivity index (χ2v) is 13.2. The van der Waals surface area contributed by atoms with Crippen molar-refractivity contribution in [3.05, 3.63) is 24.0 Å². The van der Waals surface area contributed by atoms with Gasteiger partial charge in [0.1, 0.15) is 12.9 Å². The normalized spacial score (nSPS) is 11.6. The first-order valence-electron chi connectivity index (χ1n) is 9.49. The highest BCUT2D eigenvalue weighted by atomic mass is 127. The number of aromatic nitrogens is 4. The number of nitrogens with zero attached hydrogens (tertiary/aromatic N) is 4. The van der Waals surface area contributed by atoms with E-state index in [0.717, 1.165) is 19.0 Å². The first-order valence-corrected chi connectivity index (χ1v) is 11.6. The Morgan fingerprint density at radius 3 is 2.50 bits per heavy atom. The molecule has 0 amide bonds. The van der Waals surface area contributed by atoms with Crippen molar-refractivity contribution in [3.63, 3.8) is 0 Å². The van der Waals surface area contributed by atoms with Crippen LogP contribution in [0.1, 0.15) is 69.9 Å². The fourth-order valence-corrected chi connectivity index (χ4v) is 3.53. The standard InChI is InChI=1S/C19H26FI2N5O/c1-4-5-6-7-8-9-10-23-16-14(20)11-24-17(26-16)15-12-27(13(2)28)18(25-15)19(3,21)22/h11-12H,4-10H2,1-3H3,(H,23,24,26). The van der Waals surface area contributed by atoms with Crippen LogP contribution in [0.5, 0.6) is 0 Å². The number of carbonyl (C=O) groups excluding carboxylic acids is 1. The van der Waals surface area contributed by atoms with Crippen LogP contribution in [0.2, 0.25) is 0 Å². The fraction of sp³-hybridized carbons (Fsp3) is 0.579. The molecule has 2 aromatic heterocycles. The molecule has 0 spiro atoms. The van der Waals surface area contributed by atoms with Gasteiger partial charge < -0.3 is 5.32 Å². The van der Waals surface area contributed by atoms with Crippen molar-refractivity contribution in [3.8, 4) is 11.5 Å². The molecule has 0 aliphatic heterocycles. The minimum Gasteiger partial charge on any atom is -0.368 e. The van der Waals surface area contributed by atoms with Gasteiger partial charge in [-0.3, -0.25) is 9.36 Å². The number of hydrogen-bond donors (Lipinski definition) is 1. The molecule has 0 aromatic carbocycles. The number of unbranched alkanes of at least 4 members (excludes halogenated alkanes) is 5. The van der Waals surface area contributed by atoms with Gasteiger partial charge >= 0.3 is 0 Å². The van der Waals surface area contributed by atoms with E-state index in [4.69, 9.17) is 0 Å². The zero-order valence-corrected chi connectivity index (χ0v) is 20.8. The molecule has 0 radical (unpaired) electrons. The van der Waals surface area contributed by atoms with Gasteiger partial charge in [-0.15, -0.1) is 0 Å². The number of halogens is 3. The molecule has 2 rings (SSSR count). The molecule has 28 heavy (non-hydrogen) atoms. The highest BCUT2D eigenvalue weighted by Crippen LogP contribution is 2.38. The minimum atomic E-state index is -0.492. The summed E-state index contributed by atoms with van der Waals surface area (Å²) in [4.78, 5) is 24.8. The SMILES string of the molecule is CCCCCCCCNc1nc(-c2cn(C(C)=O)c(C(C)(I)I)n2)ncc1F. The summed E-state index contributed by atoms with van der Waals surface area (Å²) < 4.78 is 15.2. The summed E-state index contributed by atoms with van der Waals surface area (Å²) >= 11 is 4.44. The Morgan fingerprint density at radius 2 is 1.89 bits per heavy atom. The lowest BCUT2D eigenvalue weighted by Crippen LogP contribution is -2.16. The van der Waals surface area contributed by atoms with E-state index in [2.05, 4.69) is 72.4 Å². The first kappa shape index (κ1) is 23.4. The van der Waals surface area contributed by atoms with Crippen LogP contribution in [0.15, 0.2) is 12.4 Å². The number of rotatable bonds is 10. The van der Waals surface area contributed by atoms with Gasteiger partial charge in [0.25, 0.3) is 0 Å². The van der Waals surface area contributed by atoms with E-state index in [9.17, 15) is 9.18 Å². The van der Waals surface area contributed by atoms with Gasteiger partial charge in [-0.25, -0.2) is 19.3 Å². The van der Waals surface area contributed by atoms with Crippen molar-refractivity contribution in [1.29, 1.82) is 0 Å². The summed E-state index contributed by atoms with van der Waals surface area (Å²) in [5, 5.41) is 3.06. The average molecular weight is 613 g/mol. The molecule has 6 nitrogen and oxygen atoms in total. The lowest BCUT2D eigenvalue weighted by molar-refractivity contribution is 0.0933. The molecule has 0 aliphatic rings. The number of imidazole rings is 1. The molecular weight excluding hydrogens is 587 g/mol. The average Bonchev–Trinajstić information content (AvgIpc) is 3.08. The maximum absolute atomic E-state index is 14.1. The highest BCUT2D eigenvalue weighted by molar-refractivity contribution is 14.2. The van der Waals surface area contributed by atoms with E-state index in [0.29, 0.717) is 23.9 Å². The summed E-state index contributed by atoms with van der Waals surface area (Å²) in [6.07, 6.45) is 9.77. The lowest BCUT2D eigenvalue weighted by Gasteiger charge is -2.13. The van der Waals surface area contributed by atoms with Crippen molar-refractivity contribution in [2.24, 2.45) is 0 Å². The maximum Gasteiger partial charge on any atom is 0.228 e. The van der Waals surface area contributed by atoms with Crippen LogP contribution in [0.25, 0.3) is 11.5 Å². The molecule has 0 unspecified atom stereocenters. The molecule has 0 aliphatic carbocycles. The Bertz CT molecular complexity index is 804. The van der Waals surface area contributed by atoms with Gasteiger partial charge in [0.05, 0.1) is 6.20 Å². The third kappa shape index (κ3) is 6.60.